The number of nitrogens with zero attached hydrogens (tertiary/aromatic N) is 1. The normalized spacial score (nSPS) is 16.7. The van der Waals surface area contributed by atoms with E-state index in [1.807, 2.05) is 0 Å². The molecule has 0 atom stereocenters. The second-order valence-corrected chi connectivity index (χ2v) is 5.54. The van der Waals surface area contributed by atoms with Crippen LogP contribution in [0.5, 0.6) is 0 Å². The third-order valence-corrected chi connectivity index (χ3v) is 3.63. The molecule has 0 aliphatic heterocycles. The van der Waals surface area contributed by atoms with Gasteiger partial charge in [-0.1, -0.05) is 34.5 Å². The van der Waals surface area contributed by atoms with Crippen molar-refractivity contribution in [3.63, 3.8) is 0 Å². The molecule has 0 saturated heterocycles. The molecule has 2 rings (SSSR count). The molecule has 1 aliphatic rings. The molecule has 0 heterocycles. The van der Waals surface area contributed by atoms with Crippen LogP contribution in [0.25, 0.3) is 0 Å². The first-order valence-electron chi connectivity index (χ1n) is 5.67. The van der Waals surface area contributed by atoms with Gasteiger partial charge in [0.2, 0.25) is 0 Å². The Hall–Kier alpha value is -0.340. The second-order valence-electron chi connectivity index (χ2n) is 4.62. The van der Waals surface area contributed by atoms with Gasteiger partial charge in [0.25, 0.3) is 0 Å². The quantitative estimate of drug-likeness (QED) is 0.805. The molecule has 0 bridgehead atoms. The zero-order valence-electron chi connectivity index (χ0n) is 9.25. The highest BCUT2D eigenvalue weighted by molar-refractivity contribution is 9.10. The van der Waals surface area contributed by atoms with E-state index >= 15 is 0 Å². The minimum absolute atomic E-state index is 0.960. The van der Waals surface area contributed by atoms with Crippen LogP contribution in [0.1, 0.15) is 24.8 Å². The summed E-state index contributed by atoms with van der Waals surface area (Å²) in [7, 11) is 2.22. The fourth-order valence-electron chi connectivity index (χ4n) is 2.13. The Kier molecular flexibility index (Phi) is 3.81. The van der Waals surface area contributed by atoms with Gasteiger partial charge in [-0.3, -0.25) is 0 Å². The molecular formula is C13H18BrN. The molecule has 0 aromatic heterocycles. The van der Waals surface area contributed by atoms with Gasteiger partial charge in [0.15, 0.2) is 0 Å². The summed E-state index contributed by atoms with van der Waals surface area (Å²) < 4.78 is 1.18. The van der Waals surface area contributed by atoms with Crippen molar-refractivity contribution in [2.45, 2.75) is 25.8 Å². The number of halogens is 1. The number of benzene rings is 1. The van der Waals surface area contributed by atoms with Crippen LogP contribution in [0.3, 0.4) is 0 Å². The molecular weight excluding hydrogens is 250 g/mol. The van der Waals surface area contributed by atoms with Crippen molar-refractivity contribution in [3.05, 3.63) is 34.3 Å². The first-order valence-corrected chi connectivity index (χ1v) is 6.46. The molecule has 0 spiro atoms. The number of hydrogen-bond acceptors (Lipinski definition) is 1. The van der Waals surface area contributed by atoms with Gasteiger partial charge in [-0.25, -0.2) is 0 Å². The van der Waals surface area contributed by atoms with Crippen LogP contribution in [0.15, 0.2) is 28.7 Å². The van der Waals surface area contributed by atoms with Gasteiger partial charge in [-0.05, 0) is 43.5 Å². The lowest BCUT2D eigenvalue weighted by atomic mass is 9.85. The summed E-state index contributed by atoms with van der Waals surface area (Å²) in [5, 5.41) is 0. The molecule has 2 heteroatoms. The molecule has 0 N–H and O–H groups in total. The number of hydrogen-bond donors (Lipinski definition) is 0. The Morgan fingerprint density at radius 2 is 2.20 bits per heavy atom. The highest BCUT2D eigenvalue weighted by atomic mass is 79.9. The predicted molar refractivity (Wildman–Crippen MR) is 67.8 cm³/mol. The van der Waals surface area contributed by atoms with Crippen molar-refractivity contribution in [2.75, 3.05) is 13.6 Å². The summed E-state index contributed by atoms with van der Waals surface area (Å²) in [6.45, 7) is 2.32. The molecule has 0 unspecified atom stereocenters. The van der Waals surface area contributed by atoms with E-state index < -0.39 is 0 Å². The predicted octanol–water partition coefficient (Wildman–Crippen LogP) is 3.68. The molecule has 15 heavy (non-hydrogen) atoms. The monoisotopic (exact) mass is 267 g/mol. The van der Waals surface area contributed by atoms with Crippen molar-refractivity contribution in [2.24, 2.45) is 5.92 Å². The molecule has 1 nitrogen and oxygen atoms in total. The van der Waals surface area contributed by atoms with Crippen molar-refractivity contribution >= 4 is 15.9 Å². The van der Waals surface area contributed by atoms with Crippen molar-refractivity contribution in [1.29, 1.82) is 0 Å². The Bertz CT molecular complexity index is 320. The molecule has 1 aromatic carbocycles. The summed E-state index contributed by atoms with van der Waals surface area (Å²) in [4.78, 5) is 2.44. The van der Waals surface area contributed by atoms with E-state index in [1.165, 1.54) is 35.8 Å². The molecule has 1 saturated carbocycles. The van der Waals surface area contributed by atoms with Gasteiger partial charge in [-0.2, -0.15) is 0 Å². The Labute approximate surface area is 101 Å². The van der Waals surface area contributed by atoms with E-state index in [0.29, 0.717) is 0 Å². The fraction of sp³-hybridized carbons (Fsp3) is 0.538. The van der Waals surface area contributed by atoms with E-state index in [4.69, 9.17) is 0 Å². The van der Waals surface area contributed by atoms with Crippen molar-refractivity contribution in [1.82, 2.24) is 4.90 Å². The largest absolute Gasteiger partial charge is 0.302 e. The van der Waals surface area contributed by atoms with E-state index in [2.05, 4.69) is 52.1 Å². The maximum Gasteiger partial charge on any atom is 0.0231 e. The summed E-state index contributed by atoms with van der Waals surface area (Å²) in [5.74, 6) is 0.960. The smallest absolute Gasteiger partial charge is 0.0231 e. The summed E-state index contributed by atoms with van der Waals surface area (Å²) in [6, 6.07) is 8.59. The maximum absolute atomic E-state index is 3.51. The van der Waals surface area contributed by atoms with E-state index in [-0.39, 0.29) is 0 Å². The minimum atomic E-state index is 0.960. The second kappa shape index (κ2) is 5.13. The molecule has 0 radical (unpaired) electrons. The van der Waals surface area contributed by atoms with E-state index in [1.54, 1.807) is 0 Å². The van der Waals surface area contributed by atoms with Gasteiger partial charge in [0, 0.05) is 17.6 Å². The maximum atomic E-state index is 3.51. The van der Waals surface area contributed by atoms with E-state index in [9.17, 15) is 0 Å². The average Bonchev–Trinajstić information content (AvgIpc) is 2.11. The molecule has 1 aliphatic carbocycles. The standard InChI is InChI=1S/C13H18BrN/c1-15(9-11-4-2-5-11)10-12-6-3-7-13(14)8-12/h3,6-8,11H,2,4-5,9-10H2,1H3. The van der Waals surface area contributed by atoms with Crippen LogP contribution >= 0.6 is 15.9 Å². The summed E-state index contributed by atoms with van der Waals surface area (Å²) >= 11 is 3.51. The van der Waals surface area contributed by atoms with Crippen molar-refractivity contribution < 1.29 is 0 Å². The molecule has 0 amide bonds. The lowest BCUT2D eigenvalue weighted by Crippen LogP contribution is -2.29. The highest BCUT2D eigenvalue weighted by Crippen LogP contribution is 2.27. The SMILES string of the molecule is CN(Cc1cccc(Br)c1)CC1CCC1. The minimum Gasteiger partial charge on any atom is -0.302 e. The first kappa shape index (κ1) is 11.2. The van der Waals surface area contributed by atoms with Gasteiger partial charge in [0.1, 0.15) is 0 Å². The fourth-order valence-corrected chi connectivity index (χ4v) is 2.57. The van der Waals surface area contributed by atoms with Crippen LogP contribution in [-0.2, 0) is 6.54 Å². The van der Waals surface area contributed by atoms with Gasteiger partial charge in [-0.15, -0.1) is 0 Å². The van der Waals surface area contributed by atoms with E-state index in [0.717, 1.165) is 12.5 Å². The third kappa shape index (κ3) is 3.32. The summed E-state index contributed by atoms with van der Waals surface area (Å²) in [5.41, 5.74) is 1.39. The first-order chi connectivity index (χ1) is 7.24. The third-order valence-electron chi connectivity index (χ3n) is 3.14. The highest BCUT2D eigenvalue weighted by Gasteiger charge is 2.18. The molecule has 82 valence electrons. The topological polar surface area (TPSA) is 3.24 Å². The zero-order chi connectivity index (χ0) is 10.7. The Morgan fingerprint density at radius 1 is 1.40 bits per heavy atom. The average molecular weight is 268 g/mol. The lowest BCUT2D eigenvalue weighted by Gasteiger charge is -2.30. The van der Waals surface area contributed by atoms with Gasteiger partial charge in [0.05, 0.1) is 0 Å². The zero-order valence-corrected chi connectivity index (χ0v) is 10.8. The Morgan fingerprint density at radius 3 is 2.80 bits per heavy atom. The lowest BCUT2D eigenvalue weighted by molar-refractivity contribution is 0.200. The molecule has 1 aromatic rings. The summed E-state index contributed by atoms with van der Waals surface area (Å²) in [6.07, 6.45) is 4.31. The van der Waals surface area contributed by atoms with Crippen LogP contribution < -0.4 is 0 Å². The molecule has 1 fully saturated rings. The van der Waals surface area contributed by atoms with Gasteiger partial charge < -0.3 is 4.90 Å². The van der Waals surface area contributed by atoms with Crippen LogP contribution in [0.4, 0.5) is 0 Å². The Balaban J connectivity index is 1.84. The van der Waals surface area contributed by atoms with Crippen molar-refractivity contribution in [3.8, 4) is 0 Å². The number of rotatable bonds is 4. The van der Waals surface area contributed by atoms with Gasteiger partial charge >= 0.3 is 0 Å². The van der Waals surface area contributed by atoms with Crippen LogP contribution in [-0.4, -0.2) is 18.5 Å². The van der Waals surface area contributed by atoms with Crippen LogP contribution in [0, 0.1) is 5.92 Å². The van der Waals surface area contributed by atoms with Crippen LogP contribution in [0.2, 0.25) is 0 Å².